The molecule has 0 aliphatic carbocycles. The Balaban J connectivity index is 2.78. The first-order chi connectivity index (χ1) is 5.83. The van der Waals surface area contributed by atoms with Crippen LogP contribution in [-0.4, -0.2) is 9.97 Å². The number of hydrogen-bond acceptors (Lipinski definition) is 2. The van der Waals surface area contributed by atoms with E-state index < -0.39 is 0 Å². The number of rotatable bonds is 1. The van der Waals surface area contributed by atoms with Crippen molar-refractivity contribution in [3.8, 4) is 0 Å². The van der Waals surface area contributed by atoms with Gasteiger partial charge in [-0.3, -0.25) is 0 Å². The molecule has 4 heteroatoms. The number of aromatic amines is 1. The highest BCUT2D eigenvalue weighted by atomic mass is 35.5. The highest BCUT2D eigenvalue weighted by Gasteiger charge is 2.04. The third-order valence-electron chi connectivity index (χ3n) is 1.87. The molecule has 2 aromatic rings. The van der Waals surface area contributed by atoms with E-state index >= 15 is 0 Å². The molecule has 1 heterocycles. The fraction of sp³-hybridized carbons (Fsp3) is 0.125. The highest BCUT2D eigenvalue weighted by molar-refractivity contribution is 6.17. The zero-order valence-corrected chi connectivity index (χ0v) is 7.10. The average Bonchev–Trinajstić information content (AvgIpc) is 2.53. The van der Waals surface area contributed by atoms with Gasteiger partial charge in [-0.2, -0.15) is 0 Å². The summed E-state index contributed by atoms with van der Waals surface area (Å²) in [6.07, 6.45) is 1.62. The number of H-pyrrole nitrogens is 1. The normalized spacial score (nSPS) is 10.8. The van der Waals surface area contributed by atoms with E-state index in [1.54, 1.807) is 6.33 Å². The van der Waals surface area contributed by atoms with E-state index in [9.17, 15) is 0 Å². The molecule has 0 radical (unpaired) electrons. The molecular formula is C8H8ClN3. The molecular weight excluding hydrogens is 174 g/mol. The van der Waals surface area contributed by atoms with Crippen LogP contribution in [0.2, 0.25) is 0 Å². The van der Waals surface area contributed by atoms with E-state index in [0.29, 0.717) is 11.6 Å². The largest absolute Gasteiger partial charge is 0.397 e. The fourth-order valence-corrected chi connectivity index (χ4v) is 1.42. The minimum atomic E-state index is 0.425. The van der Waals surface area contributed by atoms with Crippen LogP contribution in [0.5, 0.6) is 0 Å². The van der Waals surface area contributed by atoms with Gasteiger partial charge in [0.15, 0.2) is 0 Å². The lowest BCUT2D eigenvalue weighted by Gasteiger charge is -2.00. The second kappa shape index (κ2) is 2.68. The molecule has 1 aromatic carbocycles. The summed E-state index contributed by atoms with van der Waals surface area (Å²) in [5, 5.41) is 0. The van der Waals surface area contributed by atoms with Gasteiger partial charge in [-0.1, -0.05) is 6.07 Å². The van der Waals surface area contributed by atoms with Crippen molar-refractivity contribution in [2.24, 2.45) is 0 Å². The Morgan fingerprint density at radius 1 is 1.50 bits per heavy atom. The van der Waals surface area contributed by atoms with Crippen molar-refractivity contribution in [1.82, 2.24) is 9.97 Å². The summed E-state index contributed by atoms with van der Waals surface area (Å²) in [5.41, 5.74) is 9.15. The minimum Gasteiger partial charge on any atom is -0.397 e. The number of nitrogens with two attached hydrogens (primary N) is 1. The fourth-order valence-electron chi connectivity index (χ4n) is 1.19. The first-order valence-electron chi connectivity index (χ1n) is 3.59. The Hall–Kier alpha value is -1.22. The highest BCUT2D eigenvalue weighted by Crippen LogP contribution is 2.22. The van der Waals surface area contributed by atoms with Gasteiger partial charge in [-0.15, -0.1) is 11.6 Å². The SMILES string of the molecule is Nc1c(CCl)ccc2[nH]cnc12. The zero-order chi connectivity index (χ0) is 8.55. The summed E-state index contributed by atoms with van der Waals surface area (Å²) in [5.74, 6) is 0.425. The average molecular weight is 182 g/mol. The van der Waals surface area contributed by atoms with E-state index in [4.69, 9.17) is 17.3 Å². The molecule has 0 bridgehead atoms. The van der Waals surface area contributed by atoms with Gasteiger partial charge in [-0.05, 0) is 11.6 Å². The van der Waals surface area contributed by atoms with Crippen molar-refractivity contribution < 1.29 is 0 Å². The third kappa shape index (κ3) is 0.940. The number of nitrogen functional groups attached to an aromatic ring is 1. The minimum absolute atomic E-state index is 0.425. The van der Waals surface area contributed by atoms with Gasteiger partial charge in [0.05, 0.1) is 17.5 Å². The van der Waals surface area contributed by atoms with E-state index in [1.165, 1.54) is 0 Å². The number of imidazole rings is 1. The van der Waals surface area contributed by atoms with Crippen molar-refractivity contribution in [2.75, 3.05) is 5.73 Å². The number of benzene rings is 1. The lowest BCUT2D eigenvalue weighted by Crippen LogP contribution is -1.92. The summed E-state index contributed by atoms with van der Waals surface area (Å²) in [6.45, 7) is 0. The molecule has 3 nitrogen and oxygen atoms in total. The van der Waals surface area contributed by atoms with Crippen LogP contribution < -0.4 is 5.73 Å². The van der Waals surface area contributed by atoms with Gasteiger partial charge in [0.1, 0.15) is 5.52 Å². The molecule has 0 saturated carbocycles. The van der Waals surface area contributed by atoms with Crippen LogP contribution in [0, 0.1) is 0 Å². The second-order valence-electron chi connectivity index (χ2n) is 2.57. The van der Waals surface area contributed by atoms with E-state index in [-0.39, 0.29) is 0 Å². The molecule has 2 rings (SSSR count). The molecule has 0 amide bonds. The van der Waals surface area contributed by atoms with E-state index in [1.807, 2.05) is 12.1 Å². The van der Waals surface area contributed by atoms with Crippen LogP contribution in [0.3, 0.4) is 0 Å². The monoisotopic (exact) mass is 181 g/mol. The van der Waals surface area contributed by atoms with Gasteiger partial charge in [-0.25, -0.2) is 4.98 Å². The summed E-state index contributed by atoms with van der Waals surface area (Å²) in [4.78, 5) is 7.07. The molecule has 12 heavy (non-hydrogen) atoms. The number of aromatic nitrogens is 2. The number of fused-ring (bicyclic) bond motifs is 1. The van der Waals surface area contributed by atoms with Crippen LogP contribution in [0.4, 0.5) is 5.69 Å². The van der Waals surface area contributed by atoms with Crippen LogP contribution in [0.1, 0.15) is 5.56 Å². The molecule has 3 N–H and O–H groups in total. The summed E-state index contributed by atoms with van der Waals surface area (Å²) in [7, 11) is 0. The quantitative estimate of drug-likeness (QED) is 0.522. The predicted molar refractivity (Wildman–Crippen MR) is 50.1 cm³/mol. The lowest BCUT2D eigenvalue weighted by molar-refractivity contribution is 1.34. The number of nitrogens with zero attached hydrogens (tertiary/aromatic N) is 1. The molecule has 1 aromatic heterocycles. The van der Waals surface area contributed by atoms with Crippen LogP contribution in [-0.2, 0) is 5.88 Å². The predicted octanol–water partition coefficient (Wildman–Crippen LogP) is 1.88. The van der Waals surface area contributed by atoms with E-state index in [0.717, 1.165) is 16.6 Å². The molecule has 0 saturated heterocycles. The molecule has 0 atom stereocenters. The Morgan fingerprint density at radius 2 is 2.33 bits per heavy atom. The van der Waals surface area contributed by atoms with Crippen molar-refractivity contribution in [3.63, 3.8) is 0 Å². The van der Waals surface area contributed by atoms with Gasteiger partial charge in [0, 0.05) is 5.88 Å². The maximum absolute atomic E-state index is 5.81. The third-order valence-corrected chi connectivity index (χ3v) is 2.15. The Labute approximate surface area is 74.5 Å². The smallest absolute Gasteiger partial charge is 0.111 e. The Bertz CT molecular complexity index is 408. The number of nitrogens with one attached hydrogen (secondary N) is 1. The van der Waals surface area contributed by atoms with Gasteiger partial charge in [0.25, 0.3) is 0 Å². The first kappa shape index (κ1) is 7.43. The second-order valence-corrected chi connectivity index (χ2v) is 2.84. The summed E-state index contributed by atoms with van der Waals surface area (Å²) >= 11 is 5.68. The van der Waals surface area contributed by atoms with Crippen molar-refractivity contribution >= 4 is 28.3 Å². The molecule has 0 aliphatic rings. The summed E-state index contributed by atoms with van der Waals surface area (Å²) < 4.78 is 0. The molecule has 0 unspecified atom stereocenters. The number of halogens is 1. The molecule has 0 aliphatic heterocycles. The number of hydrogen-bond donors (Lipinski definition) is 2. The maximum atomic E-state index is 5.81. The van der Waals surface area contributed by atoms with Crippen LogP contribution in [0.15, 0.2) is 18.5 Å². The Morgan fingerprint density at radius 3 is 3.08 bits per heavy atom. The standard InChI is InChI=1S/C8H8ClN3/c9-3-5-1-2-6-8(7(5)10)12-4-11-6/h1-2,4H,3,10H2,(H,11,12). The number of alkyl halides is 1. The lowest BCUT2D eigenvalue weighted by atomic mass is 10.2. The van der Waals surface area contributed by atoms with Gasteiger partial charge < -0.3 is 10.7 Å². The molecule has 0 fully saturated rings. The van der Waals surface area contributed by atoms with Crippen molar-refractivity contribution in [3.05, 3.63) is 24.0 Å². The topological polar surface area (TPSA) is 54.7 Å². The first-order valence-corrected chi connectivity index (χ1v) is 4.13. The van der Waals surface area contributed by atoms with Crippen LogP contribution >= 0.6 is 11.6 Å². The van der Waals surface area contributed by atoms with Gasteiger partial charge in [0.2, 0.25) is 0 Å². The molecule has 0 spiro atoms. The molecule has 62 valence electrons. The van der Waals surface area contributed by atoms with Crippen molar-refractivity contribution in [1.29, 1.82) is 0 Å². The zero-order valence-electron chi connectivity index (χ0n) is 6.34. The maximum Gasteiger partial charge on any atom is 0.111 e. The summed E-state index contributed by atoms with van der Waals surface area (Å²) in [6, 6.07) is 3.83. The van der Waals surface area contributed by atoms with Gasteiger partial charge >= 0.3 is 0 Å². The van der Waals surface area contributed by atoms with Crippen LogP contribution in [0.25, 0.3) is 11.0 Å². The van der Waals surface area contributed by atoms with E-state index in [2.05, 4.69) is 9.97 Å². The Kier molecular flexibility index (Phi) is 1.66. The van der Waals surface area contributed by atoms with Crippen molar-refractivity contribution in [2.45, 2.75) is 5.88 Å². The number of anilines is 1.